The van der Waals surface area contributed by atoms with Gasteiger partial charge in [0.25, 0.3) is 0 Å². The van der Waals surface area contributed by atoms with Gasteiger partial charge in [0.1, 0.15) is 18.0 Å². The largest absolute Gasteiger partial charge is 0.356 e. The molecule has 1 aromatic carbocycles. The van der Waals surface area contributed by atoms with Crippen molar-refractivity contribution in [2.75, 3.05) is 23.3 Å². The summed E-state index contributed by atoms with van der Waals surface area (Å²) in [7, 11) is 0. The minimum absolute atomic E-state index is 0.553. The van der Waals surface area contributed by atoms with Crippen molar-refractivity contribution >= 4 is 17.3 Å². The summed E-state index contributed by atoms with van der Waals surface area (Å²) in [6, 6.07) is 10.6. The fourth-order valence-electron chi connectivity index (χ4n) is 2.99. The van der Waals surface area contributed by atoms with E-state index >= 15 is 0 Å². The molecule has 1 aromatic heterocycles. The molecule has 0 bridgehead atoms. The molecule has 1 saturated heterocycles. The van der Waals surface area contributed by atoms with Crippen molar-refractivity contribution in [1.29, 1.82) is 0 Å². The molecule has 0 atom stereocenters. The molecule has 23 heavy (non-hydrogen) atoms. The van der Waals surface area contributed by atoms with Crippen molar-refractivity contribution in [3.05, 3.63) is 42.2 Å². The Balaban J connectivity index is 1.71. The molecule has 0 spiro atoms. The normalized spacial score (nSPS) is 15.5. The van der Waals surface area contributed by atoms with Crippen LogP contribution in [0.15, 0.2) is 36.7 Å². The zero-order chi connectivity index (χ0) is 16.1. The Morgan fingerprint density at radius 1 is 0.957 bits per heavy atom. The van der Waals surface area contributed by atoms with Crippen LogP contribution in [0.3, 0.4) is 0 Å². The van der Waals surface area contributed by atoms with E-state index in [1.54, 1.807) is 6.33 Å². The highest BCUT2D eigenvalue weighted by molar-refractivity contribution is 5.59. The van der Waals surface area contributed by atoms with E-state index in [0.29, 0.717) is 5.92 Å². The van der Waals surface area contributed by atoms with Gasteiger partial charge in [-0.2, -0.15) is 0 Å². The van der Waals surface area contributed by atoms with Crippen LogP contribution in [0.2, 0.25) is 0 Å². The lowest BCUT2D eigenvalue weighted by Gasteiger charge is -2.21. The van der Waals surface area contributed by atoms with Gasteiger partial charge in [-0.15, -0.1) is 0 Å². The molecule has 1 aliphatic heterocycles. The van der Waals surface area contributed by atoms with Gasteiger partial charge in [-0.3, -0.25) is 0 Å². The summed E-state index contributed by atoms with van der Waals surface area (Å²) >= 11 is 0. The first-order valence-corrected chi connectivity index (χ1v) is 8.66. The van der Waals surface area contributed by atoms with Crippen molar-refractivity contribution in [2.24, 2.45) is 0 Å². The van der Waals surface area contributed by atoms with Crippen molar-refractivity contribution in [3.63, 3.8) is 0 Å². The Kier molecular flexibility index (Phi) is 5.11. The molecule has 1 fully saturated rings. The molecule has 0 aliphatic carbocycles. The number of rotatable bonds is 4. The third kappa shape index (κ3) is 4.21. The van der Waals surface area contributed by atoms with Gasteiger partial charge in [-0.1, -0.05) is 38.8 Å². The second-order valence-corrected chi connectivity index (χ2v) is 6.56. The first-order valence-electron chi connectivity index (χ1n) is 8.66. The predicted octanol–water partition coefficient (Wildman–Crippen LogP) is 4.72. The lowest BCUT2D eigenvalue weighted by molar-refractivity contribution is 0.726. The number of aromatic nitrogens is 2. The van der Waals surface area contributed by atoms with Crippen LogP contribution in [0, 0.1) is 0 Å². The van der Waals surface area contributed by atoms with Crippen LogP contribution in [0.5, 0.6) is 0 Å². The first-order chi connectivity index (χ1) is 11.2. The lowest BCUT2D eigenvalue weighted by atomic mass is 10.0. The monoisotopic (exact) mass is 310 g/mol. The lowest BCUT2D eigenvalue weighted by Crippen LogP contribution is -2.25. The molecule has 122 valence electrons. The third-order valence-corrected chi connectivity index (χ3v) is 4.43. The highest BCUT2D eigenvalue weighted by atomic mass is 15.2. The van der Waals surface area contributed by atoms with E-state index < -0.39 is 0 Å². The van der Waals surface area contributed by atoms with Crippen LogP contribution in [0.4, 0.5) is 17.3 Å². The zero-order valence-electron chi connectivity index (χ0n) is 14.1. The van der Waals surface area contributed by atoms with Gasteiger partial charge in [0.15, 0.2) is 0 Å². The van der Waals surface area contributed by atoms with Gasteiger partial charge < -0.3 is 10.2 Å². The number of hydrogen-bond acceptors (Lipinski definition) is 4. The van der Waals surface area contributed by atoms with E-state index in [9.17, 15) is 0 Å². The Hall–Kier alpha value is -2.10. The number of nitrogens with one attached hydrogen (secondary N) is 1. The molecule has 1 aliphatic rings. The fourth-order valence-corrected chi connectivity index (χ4v) is 2.99. The summed E-state index contributed by atoms with van der Waals surface area (Å²) in [6.45, 7) is 6.61. The molecule has 1 N–H and O–H groups in total. The molecule has 0 radical (unpaired) electrons. The van der Waals surface area contributed by atoms with Crippen molar-refractivity contribution in [2.45, 2.75) is 45.4 Å². The van der Waals surface area contributed by atoms with Crippen LogP contribution in [0.1, 0.15) is 51.0 Å². The van der Waals surface area contributed by atoms with Gasteiger partial charge in [-0.25, -0.2) is 9.97 Å². The standard InChI is InChI=1S/C19H26N4/c1-15(2)16-7-9-17(10-8-16)22-18-13-19(21-14-20-18)23-11-5-3-4-6-12-23/h7-10,13-15H,3-6,11-12H2,1-2H3,(H,20,21,22). The van der Waals surface area contributed by atoms with E-state index in [2.05, 4.69) is 64.4 Å². The van der Waals surface area contributed by atoms with E-state index in [1.807, 2.05) is 0 Å². The molecule has 2 heterocycles. The molecular formula is C19H26N4. The van der Waals surface area contributed by atoms with Crippen LogP contribution in [-0.4, -0.2) is 23.1 Å². The highest BCUT2D eigenvalue weighted by Crippen LogP contribution is 2.22. The summed E-state index contributed by atoms with van der Waals surface area (Å²) in [5.74, 6) is 2.44. The molecule has 0 amide bonds. The van der Waals surface area contributed by atoms with Gasteiger partial charge in [0, 0.05) is 24.8 Å². The Bertz CT molecular complexity index is 614. The summed E-state index contributed by atoms with van der Waals surface area (Å²) in [5.41, 5.74) is 2.42. The maximum absolute atomic E-state index is 4.46. The van der Waals surface area contributed by atoms with E-state index in [4.69, 9.17) is 0 Å². The number of benzene rings is 1. The maximum atomic E-state index is 4.46. The van der Waals surface area contributed by atoms with Crippen molar-refractivity contribution in [3.8, 4) is 0 Å². The Morgan fingerprint density at radius 3 is 2.30 bits per heavy atom. The molecule has 0 unspecified atom stereocenters. The topological polar surface area (TPSA) is 41.0 Å². The molecule has 2 aromatic rings. The quantitative estimate of drug-likeness (QED) is 0.887. The number of nitrogens with zero attached hydrogens (tertiary/aromatic N) is 3. The SMILES string of the molecule is CC(C)c1ccc(Nc2cc(N3CCCCCC3)ncn2)cc1. The Morgan fingerprint density at radius 2 is 1.65 bits per heavy atom. The average molecular weight is 310 g/mol. The maximum Gasteiger partial charge on any atom is 0.135 e. The molecule has 3 rings (SSSR count). The minimum atomic E-state index is 0.553. The second-order valence-electron chi connectivity index (χ2n) is 6.56. The molecule has 4 nitrogen and oxygen atoms in total. The van der Waals surface area contributed by atoms with Gasteiger partial charge >= 0.3 is 0 Å². The van der Waals surface area contributed by atoms with Crippen LogP contribution in [-0.2, 0) is 0 Å². The smallest absolute Gasteiger partial charge is 0.135 e. The third-order valence-electron chi connectivity index (χ3n) is 4.43. The fraction of sp³-hybridized carbons (Fsp3) is 0.474. The van der Waals surface area contributed by atoms with Crippen LogP contribution < -0.4 is 10.2 Å². The summed E-state index contributed by atoms with van der Waals surface area (Å²) in [6.07, 6.45) is 6.82. The first kappa shape index (κ1) is 15.8. The summed E-state index contributed by atoms with van der Waals surface area (Å²) in [5, 5.41) is 3.39. The average Bonchev–Trinajstić information content (AvgIpc) is 2.85. The number of anilines is 3. The summed E-state index contributed by atoms with van der Waals surface area (Å²) < 4.78 is 0. The van der Waals surface area contributed by atoms with Crippen molar-refractivity contribution < 1.29 is 0 Å². The second kappa shape index (κ2) is 7.44. The summed E-state index contributed by atoms with van der Waals surface area (Å²) in [4.78, 5) is 11.2. The van der Waals surface area contributed by atoms with Crippen molar-refractivity contribution in [1.82, 2.24) is 9.97 Å². The van der Waals surface area contributed by atoms with Crippen LogP contribution >= 0.6 is 0 Å². The Labute approximate surface area is 139 Å². The van der Waals surface area contributed by atoms with E-state index in [0.717, 1.165) is 30.4 Å². The van der Waals surface area contributed by atoms with Gasteiger partial charge in [-0.05, 0) is 36.5 Å². The molecule has 0 saturated carbocycles. The van der Waals surface area contributed by atoms with E-state index in [1.165, 1.54) is 31.2 Å². The van der Waals surface area contributed by atoms with Gasteiger partial charge in [0.2, 0.25) is 0 Å². The molecule has 4 heteroatoms. The minimum Gasteiger partial charge on any atom is -0.356 e. The predicted molar refractivity (Wildman–Crippen MR) is 96.5 cm³/mol. The van der Waals surface area contributed by atoms with Gasteiger partial charge in [0.05, 0.1) is 0 Å². The molecular weight excluding hydrogens is 284 g/mol. The number of hydrogen-bond donors (Lipinski definition) is 1. The highest BCUT2D eigenvalue weighted by Gasteiger charge is 2.12. The zero-order valence-corrected chi connectivity index (χ0v) is 14.1. The van der Waals surface area contributed by atoms with Crippen LogP contribution in [0.25, 0.3) is 0 Å². The van der Waals surface area contributed by atoms with E-state index in [-0.39, 0.29) is 0 Å².